The average Bonchev–Trinajstić information content (AvgIpc) is 2.51. The molecule has 134 valence electrons. The molecule has 0 spiro atoms. The highest BCUT2D eigenvalue weighted by atomic mass is 32.2. The highest BCUT2D eigenvalue weighted by molar-refractivity contribution is 7.94. The molecule has 1 aliphatic heterocycles. The first-order valence-corrected chi connectivity index (χ1v) is 10.6. The van der Waals surface area contributed by atoms with Crippen molar-refractivity contribution >= 4 is 31.6 Å². The van der Waals surface area contributed by atoms with Crippen molar-refractivity contribution < 1.29 is 21.6 Å². The first kappa shape index (κ1) is 18.9. The Bertz CT molecular complexity index is 886. The summed E-state index contributed by atoms with van der Waals surface area (Å²) in [5.74, 6) is -0.787. The van der Waals surface area contributed by atoms with E-state index in [0.717, 1.165) is 4.31 Å². The number of anilines is 1. The number of hydrogen-bond acceptors (Lipinski definition) is 5. The SMILES string of the molecule is Cc1cc(N2C(=O)C(C)(C)CS2(=O)=O)ccc1S(=O)(=O)NC(C)C. The molecule has 0 bridgehead atoms. The molecular formula is C15H22N2O5S2. The summed E-state index contributed by atoms with van der Waals surface area (Å²) in [7, 11) is -7.46. The monoisotopic (exact) mass is 374 g/mol. The molecule has 1 aromatic rings. The predicted octanol–water partition coefficient (Wildman–Crippen LogP) is 1.38. The van der Waals surface area contributed by atoms with Gasteiger partial charge in [0.1, 0.15) is 0 Å². The number of aryl methyl sites for hydroxylation is 1. The smallest absolute Gasteiger partial charge is 0.247 e. The van der Waals surface area contributed by atoms with Crippen molar-refractivity contribution in [3.05, 3.63) is 23.8 Å². The van der Waals surface area contributed by atoms with Crippen LogP contribution in [-0.4, -0.2) is 34.5 Å². The van der Waals surface area contributed by atoms with Gasteiger partial charge in [-0.15, -0.1) is 0 Å². The predicted molar refractivity (Wildman–Crippen MR) is 91.7 cm³/mol. The van der Waals surface area contributed by atoms with Crippen LogP contribution in [-0.2, 0) is 24.8 Å². The van der Waals surface area contributed by atoms with Crippen molar-refractivity contribution in [2.24, 2.45) is 5.41 Å². The summed E-state index contributed by atoms with van der Waals surface area (Å²) in [4.78, 5) is 12.5. The number of sulfonamides is 2. The third-order valence-corrected chi connectivity index (χ3v) is 7.50. The van der Waals surface area contributed by atoms with Gasteiger partial charge in [-0.2, -0.15) is 0 Å². The van der Waals surface area contributed by atoms with Gasteiger partial charge >= 0.3 is 0 Å². The number of rotatable bonds is 4. The van der Waals surface area contributed by atoms with Gasteiger partial charge in [0.05, 0.1) is 21.8 Å². The van der Waals surface area contributed by atoms with Gasteiger partial charge in [0.25, 0.3) is 0 Å². The van der Waals surface area contributed by atoms with E-state index in [1.54, 1.807) is 34.6 Å². The van der Waals surface area contributed by atoms with Crippen LogP contribution in [0, 0.1) is 12.3 Å². The van der Waals surface area contributed by atoms with Crippen molar-refractivity contribution in [2.45, 2.75) is 45.6 Å². The molecule has 0 aliphatic carbocycles. The second-order valence-corrected chi connectivity index (χ2v) is 10.4. The molecule has 24 heavy (non-hydrogen) atoms. The fraction of sp³-hybridized carbons (Fsp3) is 0.533. The molecule has 0 radical (unpaired) electrons. The van der Waals surface area contributed by atoms with Gasteiger partial charge in [-0.3, -0.25) is 4.79 Å². The van der Waals surface area contributed by atoms with Gasteiger partial charge in [-0.05, 0) is 58.4 Å². The van der Waals surface area contributed by atoms with E-state index in [-0.39, 0.29) is 22.4 Å². The van der Waals surface area contributed by atoms with E-state index in [2.05, 4.69) is 4.72 Å². The summed E-state index contributed by atoms with van der Waals surface area (Å²) in [6, 6.07) is 3.81. The molecule has 1 aromatic carbocycles. The van der Waals surface area contributed by atoms with Gasteiger partial charge in [0.2, 0.25) is 26.0 Å². The Balaban J connectivity index is 2.50. The standard InChI is InChI=1S/C15H22N2O5S2/c1-10(2)16-24(21,22)13-7-6-12(8-11(13)3)17-14(18)15(4,5)9-23(17,19)20/h6-8,10,16H,9H2,1-5H3. The summed E-state index contributed by atoms with van der Waals surface area (Å²) in [5, 5.41) is 0. The van der Waals surface area contributed by atoms with Crippen LogP contribution in [0.15, 0.2) is 23.1 Å². The van der Waals surface area contributed by atoms with E-state index < -0.39 is 31.4 Å². The highest BCUT2D eigenvalue weighted by Crippen LogP contribution is 2.36. The zero-order chi connectivity index (χ0) is 18.5. The second-order valence-electron chi connectivity index (χ2n) is 6.94. The van der Waals surface area contributed by atoms with Gasteiger partial charge in [0, 0.05) is 6.04 Å². The topological polar surface area (TPSA) is 101 Å². The summed E-state index contributed by atoms with van der Waals surface area (Å²) in [5.41, 5.74) is -0.476. The number of carbonyl (C=O) groups excluding carboxylic acids is 1. The minimum absolute atomic E-state index is 0.0586. The Morgan fingerprint density at radius 2 is 1.83 bits per heavy atom. The molecule has 1 saturated heterocycles. The molecule has 9 heteroatoms. The number of carbonyl (C=O) groups is 1. The quantitative estimate of drug-likeness (QED) is 0.858. The summed E-state index contributed by atoms with van der Waals surface area (Å²) >= 11 is 0. The fourth-order valence-electron chi connectivity index (χ4n) is 2.70. The molecule has 1 heterocycles. The molecular weight excluding hydrogens is 352 g/mol. The minimum atomic E-state index is -3.76. The first-order chi connectivity index (χ1) is 10.8. The van der Waals surface area contributed by atoms with Crippen molar-refractivity contribution in [2.75, 3.05) is 10.1 Å². The second kappa shape index (κ2) is 5.82. The first-order valence-electron chi connectivity index (χ1n) is 7.48. The number of amides is 1. The van der Waals surface area contributed by atoms with Crippen LogP contribution in [0.3, 0.4) is 0 Å². The summed E-state index contributed by atoms with van der Waals surface area (Å²) in [6.07, 6.45) is 0. The largest absolute Gasteiger partial charge is 0.273 e. The van der Waals surface area contributed by atoms with Gasteiger partial charge in [0.15, 0.2) is 0 Å². The van der Waals surface area contributed by atoms with Crippen molar-refractivity contribution in [1.29, 1.82) is 0 Å². The molecule has 0 unspecified atom stereocenters. The van der Waals surface area contributed by atoms with Crippen LogP contribution in [0.1, 0.15) is 33.3 Å². The zero-order valence-electron chi connectivity index (χ0n) is 14.3. The number of hydrogen-bond donors (Lipinski definition) is 1. The maximum absolute atomic E-state index is 12.4. The Labute approximate surface area is 143 Å². The Morgan fingerprint density at radius 3 is 2.25 bits per heavy atom. The molecule has 0 aromatic heterocycles. The van der Waals surface area contributed by atoms with E-state index >= 15 is 0 Å². The van der Waals surface area contributed by atoms with Crippen LogP contribution in [0.2, 0.25) is 0 Å². The molecule has 7 nitrogen and oxygen atoms in total. The van der Waals surface area contributed by atoms with E-state index in [1.165, 1.54) is 18.2 Å². The van der Waals surface area contributed by atoms with E-state index in [0.29, 0.717) is 5.56 Å². The number of nitrogens with one attached hydrogen (secondary N) is 1. The average molecular weight is 374 g/mol. The van der Waals surface area contributed by atoms with Crippen LogP contribution in [0.4, 0.5) is 5.69 Å². The summed E-state index contributed by atoms with van der Waals surface area (Å²) < 4.78 is 52.4. The van der Waals surface area contributed by atoms with Gasteiger partial charge < -0.3 is 0 Å². The fourth-order valence-corrected chi connectivity index (χ4v) is 6.27. The molecule has 1 fully saturated rings. The zero-order valence-corrected chi connectivity index (χ0v) is 16.0. The lowest BCUT2D eigenvalue weighted by Crippen LogP contribution is -2.33. The van der Waals surface area contributed by atoms with Crippen LogP contribution >= 0.6 is 0 Å². The molecule has 0 saturated carbocycles. The van der Waals surface area contributed by atoms with Crippen LogP contribution in [0.5, 0.6) is 0 Å². The van der Waals surface area contributed by atoms with Crippen molar-refractivity contribution in [3.63, 3.8) is 0 Å². The molecule has 1 aliphatic rings. The lowest BCUT2D eigenvalue weighted by atomic mass is 9.95. The van der Waals surface area contributed by atoms with E-state index in [9.17, 15) is 21.6 Å². The van der Waals surface area contributed by atoms with Crippen LogP contribution < -0.4 is 9.03 Å². The minimum Gasteiger partial charge on any atom is -0.273 e. The van der Waals surface area contributed by atoms with Crippen molar-refractivity contribution in [1.82, 2.24) is 4.72 Å². The molecule has 2 rings (SSSR count). The third-order valence-electron chi connectivity index (χ3n) is 3.66. The Hall–Kier alpha value is -1.45. The number of nitrogens with zero attached hydrogens (tertiary/aromatic N) is 1. The number of benzene rings is 1. The molecule has 1 amide bonds. The van der Waals surface area contributed by atoms with Gasteiger partial charge in [-0.25, -0.2) is 25.9 Å². The maximum Gasteiger partial charge on any atom is 0.247 e. The lowest BCUT2D eigenvalue weighted by molar-refractivity contribution is -0.123. The normalized spacial score (nSPS) is 19.9. The Morgan fingerprint density at radius 1 is 1.25 bits per heavy atom. The highest BCUT2D eigenvalue weighted by Gasteiger charge is 2.50. The lowest BCUT2D eigenvalue weighted by Gasteiger charge is -2.19. The van der Waals surface area contributed by atoms with Crippen molar-refractivity contribution in [3.8, 4) is 0 Å². The van der Waals surface area contributed by atoms with E-state index in [4.69, 9.17) is 0 Å². The maximum atomic E-state index is 12.4. The third kappa shape index (κ3) is 3.33. The van der Waals surface area contributed by atoms with Gasteiger partial charge in [-0.1, -0.05) is 0 Å². The molecule has 0 atom stereocenters. The molecule has 1 N–H and O–H groups in total. The van der Waals surface area contributed by atoms with E-state index in [1.807, 2.05) is 0 Å². The summed E-state index contributed by atoms with van der Waals surface area (Å²) in [6.45, 7) is 8.13. The Kier molecular flexibility index (Phi) is 4.58. The van der Waals surface area contributed by atoms with Crippen LogP contribution in [0.25, 0.3) is 0 Å².